The van der Waals surface area contributed by atoms with Crippen LogP contribution in [-0.2, 0) is 11.3 Å². The van der Waals surface area contributed by atoms with Crippen LogP contribution in [0.25, 0.3) is 0 Å². The van der Waals surface area contributed by atoms with E-state index in [1.165, 1.54) is 0 Å². The molecule has 0 aromatic heterocycles. The summed E-state index contributed by atoms with van der Waals surface area (Å²) in [4.78, 5) is 4.55. The fourth-order valence-electron chi connectivity index (χ4n) is 1.73. The summed E-state index contributed by atoms with van der Waals surface area (Å²) in [6, 6.07) is 7.77. The molecule has 1 rings (SSSR count). The van der Waals surface area contributed by atoms with Crippen LogP contribution in [0.15, 0.2) is 29.3 Å². The highest BCUT2D eigenvalue weighted by Gasteiger charge is 2.00. The number of guanidine groups is 1. The lowest BCUT2D eigenvalue weighted by molar-refractivity contribution is 0.0776. The molecule has 0 saturated carbocycles. The molecule has 0 heterocycles. The molecule has 126 valence electrons. The van der Waals surface area contributed by atoms with E-state index in [-0.39, 0.29) is 30.1 Å². The first kappa shape index (κ1) is 21.5. The van der Waals surface area contributed by atoms with Crippen LogP contribution in [-0.4, -0.2) is 31.8 Å². The average Bonchev–Trinajstić information content (AvgIpc) is 2.45. The van der Waals surface area contributed by atoms with Gasteiger partial charge in [0.2, 0.25) is 0 Å². The van der Waals surface area contributed by atoms with Crippen LogP contribution in [0.1, 0.15) is 32.8 Å². The molecule has 0 fully saturated rings. The van der Waals surface area contributed by atoms with Crippen LogP contribution in [0.4, 0.5) is 0 Å². The first-order valence-electron chi connectivity index (χ1n) is 7.50. The van der Waals surface area contributed by atoms with Gasteiger partial charge in [-0.25, -0.2) is 4.99 Å². The SMILES string of the molecule is CCNC(=NCc1ccccc1Cl)NCCCOC(C)C.I. The number of aliphatic imine (C=N–C) groups is 1. The summed E-state index contributed by atoms with van der Waals surface area (Å²) >= 11 is 6.13. The summed E-state index contributed by atoms with van der Waals surface area (Å²) in [6.45, 7) is 9.13. The number of rotatable bonds is 8. The highest BCUT2D eigenvalue weighted by atomic mass is 127. The lowest BCUT2D eigenvalue weighted by Crippen LogP contribution is -2.38. The summed E-state index contributed by atoms with van der Waals surface area (Å²) in [6.07, 6.45) is 1.24. The summed E-state index contributed by atoms with van der Waals surface area (Å²) in [7, 11) is 0. The number of hydrogen-bond acceptors (Lipinski definition) is 2. The minimum Gasteiger partial charge on any atom is -0.379 e. The summed E-state index contributed by atoms with van der Waals surface area (Å²) in [5, 5.41) is 7.28. The lowest BCUT2D eigenvalue weighted by atomic mass is 10.2. The van der Waals surface area contributed by atoms with E-state index in [9.17, 15) is 0 Å². The van der Waals surface area contributed by atoms with E-state index in [0.29, 0.717) is 6.54 Å². The standard InChI is InChI=1S/C16H26ClN3O.HI/c1-4-18-16(19-10-7-11-21-13(2)3)20-12-14-8-5-6-9-15(14)17;/h5-6,8-9,13H,4,7,10-12H2,1-3H3,(H2,18,19,20);1H. The maximum Gasteiger partial charge on any atom is 0.191 e. The molecule has 1 aromatic carbocycles. The van der Waals surface area contributed by atoms with Crippen molar-refractivity contribution in [1.82, 2.24) is 10.6 Å². The lowest BCUT2D eigenvalue weighted by Gasteiger charge is -2.12. The van der Waals surface area contributed by atoms with E-state index >= 15 is 0 Å². The Hall–Kier alpha value is -0.530. The molecule has 1 aromatic rings. The molecule has 0 spiro atoms. The van der Waals surface area contributed by atoms with Gasteiger partial charge in [0.25, 0.3) is 0 Å². The summed E-state index contributed by atoms with van der Waals surface area (Å²) in [5.74, 6) is 0.807. The third-order valence-corrected chi connectivity index (χ3v) is 3.14. The fraction of sp³-hybridized carbons (Fsp3) is 0.562. The Balaban J connectivity index is 0.00000441. The zero-order chi connectivity index (χ0) is 15.5. The smallest absolute Gasteiger partial charge is 0.191 e. The topological polar surface area (TPSA) is 45.7 Å². The van der Waals surface area contributed by atoms with Gasteiger partial charge >= 0.3 is 0 Å². The molecule has 0 saturated heterocycles. The molecule has 22 heavy (non-hydrogen) atoms. The molecule has 0 amide bonds. The van der Waals surface area contributed by atoms with Gasteiger partial charge in [0.1, 0.15) is 0 Å². The maximum absolute atomic E-state index is 6.13. The predicted octanol–water partition coefficient (Wildman–Crippen LogP) is 3.83. The van der Waals surface area contributed by atoms with Crippen LogP contribution in [0, 0.1) is 0 Å². The van der Waals surface area contributed by atoms with E-state index in [4.69, 9.17) is 16.3 Å². The van der Waals surface area contributed by atoms with Crippen molar-refractivity contribution in [2.24, 2.45) is 4.99 Å². The predicted molar refractivity (Wildman–Crippen MR) is 105 cm³/mol. The molecule has 0 bridgehead atoms. The van der Waals surface area contributed by atoms with Gasteiger partial charge in [0, 0.05) is 24.7 Å². The number of benzene rings is 1. The van der Waals surface area contributed by atoms with Crippen molar-refractivity contribution in [1.29, 1.82) is 0 Å². The van der Waals surface area contributed by atoms with E-state index in [1.807, 2.05) is 38.1 Å². The van der Waals surface area contributed by atoms with E-state index in [2.05, 4.69) is 22.5 Å². The Labute approximate surface area is 156 Å². The molecule has 0 aliphatic heterocycles. The highest BCUT2D eigenvalue weighted by Crippen LogP contribution is 2.15. The Morgan fingerprint density at radius 1 is 1.27 bits per heavy atom. The third-order valence-electron chi connectivity index (χ3n) is 2.77. The van der Waals surface area contributed by atoms with Gasteiger partial charge in [-0.1, -0.05) is 29.8 Å². The maximum atomic E-state index is 6.13. The Bertz CT molecular complexity index is 441. The number of nitrogens with one attached hydrogen (secondary N) is 2. The number of nitrogens with zero attached hydrogens (tertiary/aromatic N) is 1. The van der Waals surface area contributed by atoms with Gasteiger partial charge in [0.05, 0.1) is 12.6 Å². The first-order chi connectivity index (χ1) is 10.1. The zero-order valence-electron chi connectivity index (χ0n) is 13.6. The van der Waals surface area contributed by atoms with Crippen molar-refractivity contribution in [3.05, 3.63) is 34.9 Å². The molecule has 4 nitrogen and oxygen atoms in total. The number of hydrogen-bond donors (Lipinski definition) is 2. The van der Waals surface area contributed by atoms with Crippen molar-refractivity contribution < 1.29 is 4.74 Å². The van der Waals surface area contributed by atoms with Crippen LogP contribution in [0.2, 0.25) is 5.02 Å². The fourth-order valence-corrected chi connectivity index (χ4v) is 1.93. The number of halogens is 2. The second-order valence-corrected chi connectivity index (χ2v) is 5.39. The summed E-state index contributed by atoms with van der Waals surface area (Å²) in [5.41, 5.74) is 1.03. The quantitative estimate of drug-likeness (QED) is 0.280. The molecule has 0 radical (unpaired) electrons. The molecule has 0 aliphatic carbocycles. The van der Waals surface area contributed by atoms with Gasteiger partial charge in [-0.05, 0) is 38.8 Å². The van der Waals surface area contributed by atoms with E-state index < -0.39 is 0 Å². The molecule has 6 heteroatoms. The summed E-state index contributed by atoms with van der Waals surface area (Å²) < 4.78 is 5.51. The van der Waals surface area contributed by atoms with Crippen LogP contribution in [0.5, 0.6) is 0 Å². The second-order valence-electron chi connectivity index (χ2n) is 4.99. The zero-order valence-corrected chi connectivity index (χ0v) is 16.7. The minimum atomic E-state index is 0. The van der Waals surface area contributed by atoms with Crippen molar-refractivity contribution in [2.45, 2.75) is 39.8 Å². The largest absolute Gasteiger partial charge is 0.379 e. The van der Waals surface area contributed by atoms with Gasteiger partial charge in [-0.3, -0.25) is 0 Å². The molecular formula is C16H27ClIN3O. The van der Waals surface area contributed by atoms with Crippen molar-refractivity contribution in [3.63, 3.8) is 0 Å². The van der Waals surface area contributed by atoms with E-state index in [0.717, 1.165) is 42.7 Å². The second kappa shape index (κ2) is 13.0. The minimum absolute atomic E-state index is 0. The van der Waals surface area contributed by atoms with Gasteiger partial charge in [-0.2, -0.15) is 0 Å². The monoisotopic (exact) mass is 439 g/mol. The molecule has 2 N–H and O–H groups in total. The molecule has 0 unspecified atom stereocenters. The van der Waals surface area contributed by atoms with Gasteiger partial charge in [-0.15, -0.1) is 24.0 Å². The first-order valence-corrected chi connectivity index (χ1v) is 7.88. The molecule has 0 aliphatic rings. The highest BCUT2D eigenvalue weighted by molar-refractivity contribution is 14.0. The Morgan fingerprint density at radius 2 is 2.00 bits per heavy atom. The number of ether oxygens (including phenoxy) is 1. The van der Waals surface area contributed by atoms with Crippen LogP contribution in [0.3, 0.4) is 0 Å². The average molecular weight is 440 g/mol. The van der Waals surface area contributed by atoms with Crippen LogP contribution < -0.4 is 10.6 Å². The normalized spacial score (nSPS) is 11.2. The van der Waals surface area contributed by atoms with Crippen molar-refractivity contribution >= 4 is 41.5 Å². The van der Waals surface area contributed by atoms with Crippen molar-refractivity contribution in [3.8, 4) is 0 Å². The Morgan fingerprint density at radius 3 is 2.64 bits per heavy atom. The Kier molecular flexibility index (Phi) is 12.6. The third kappa shape index (κ3) is 9.48. The van der Waals surface area contributed by atoms with Gasteiger partial charge in [0.15, 0.2) is 5.96 Å². The van der Waals surface area contributed by atoms with Gasteiger partial charge < -0.3 is 15.4 Å². The molecular weight excluding hydrogens is 413 g/mol. The molecule has 0 atom stereocenters. The van der Waals surface area contributed by atoms with E-state index in [1.54, 1.807) is 0 Å². The van der Waals surface area contributed by atoms with Crippen LogP contribution >= 0.6 is 35.6 Å². The van der Waals surface area contributed by atoms with Crippen molar-refractivity contribution in [2.75, 3.05) is 19.7 Å².